The predicted octanol–water partition coefficient (Wildman–Crippen LogP) is 4.09. The summed E-state index contributed by atoms with van der Waals surface area (Å²) in [6.45, 7) is 4.83. The third kappa shape index (κ3) is 2.74. The van der Waals surface area contributed by atoms with Gasteiger partial charge in [0.2, 0.25) is 0 Å². The molecule has 3 heteroatoms. The highest BCUT2D eigenvalue weighted by Gasteiger charge is 2.08. The first-order chi connectivity index (χ1) is 6.70. The Morgan fingerprint density at radius 2 is 2.07 bits per heavy atom. The molecule has 0 aliphatic rings. The van der Waals surface area contributed by atoms with Crippen LogP contribution >= 0.6 is 31.9 Å². The van der Waals surface area contributed by atoms with E-state index in [0.717, 1.165) is 28.6 Å². The Bertz CT molecular complexity index is 310. The molecule has 0 atom stereocenters. The summed E-state index contributed by atoms with van der Waals surface area (Å²) in [5.74, 6) is 0.992. The zero-order valence-electron chi connectivity index (χ0n) is 8.44. The van der Waals surface area contributed by atoms with Crippen LogP contribution in [0.25, 0.3) is 0 Å². The Morgan fingerprint density at radius 1 is 1.36 bits per heavy atom. The third-order valence-corrected chi connectivity index (χ3v) is 3.28. The number of hydrogen-bond donors (Lipinski definition) is 0. The molecule has 0 saturated carbocycles. The first-order valence-electron chi connectivity index (χ1n) is 4.67. The smallest absolute Gasteiger partial charge is 0.122 e. The van der Waals surface area contributed by atoms with E-state index >= 15 is 0 Å². The molecule has 0 radical (unpaired) electrons. The van der Waals surface area contributed by atoms with E-state index in [1.165, 1.54) is 11.1 Å². The lowest BCUT2D eigenvalue weighted by atomic mass is 10.1. The Kier molecular flexibility index (Phi) is 4.96. The zero-order chi connectivity index (χ0) is 10.6. The summed E-state index contributed by atoms with van der Waals surface area (Å²) in [5.41, 5.74) is 2.56. The summed E-state index contributed by atoms with van der Waals surface area (Å²) in [6, 6.07) is 4.07. The number of benzene rings is 1. The average Bonchev–Trinajstić information content (AvgIpc) is 2.17. The van der Waals surface area contributed by atoms with Crippen LogP contribution in [0, 0.1) is 6.92 Å². The molecule has 1 nitrogen and oxygen atoms in total. The van der Waals surface area contributed by atoms with Crippen LogP contribution in [0.5, 0.6) is 5.75 Å². The third-order valence-electron chi connectivity index (χ3n) is 2.14. The van der Waals surface area contributed by atoms with Gasteiger partial charge in [0.05, 0.1) is 6.61 Å². The van der Waals surface area contributed by atoms with Crippen molar-refractivity contribution < 1.29 is 4.74 Å². The number of alkyl halides is 1. The maximum atomic E-state index is 5.54. The van der Waals surface area contributed by atoms with Gasteiger partial charge in [-0.15, -0.1) is 0 Å². The van der Waals surface area contributed by atoms with Gasteiger partial charge in [-0.1, -0.05) is 31.9 Å². The van der Waals surface area contributed by atoms with Gasteiger partial charge in [0.1, 0.15) is 5.75 Å². The Hall–Kier alpha value is -0.0200. The van der Waals surface area contributed by atoms with Gasteiger partial charge < -0.3 is 4.74 Å². The normalized spacial score (nSPS) is 10.3. The highest BCUT2D eigenvalue weighted by molar-refractivity contribution is 9.10. The van der Waals surface area contributed by atoms with E-state index in [1.54, 1.807) is 0 Å². The second kappa shape index (κ2) is 5.76. The van der Waals surface area contributed by atoms with Gasteiger partial charge in [-0.05, 0) is 43.5 Å². The molecule has 0 unspecified atom stereocenters. The summed E-state index contributed by atoms with van der Waals surface area (Å²) < 4.78 is 6.71. The van der Waals surface area contributed by atoms with Gasteiger partial charge in [-0.2, -0.15) is 0 Å². The summed E-state index contributed by atoms with van der Waals surface area (Å²) in [4.78, 5) is 0. The molecule has 0 saturated heterocycles. The number of halogens is 2. The van der Waals surface area contributed by atoms with Crippen molar-refractivity contribution in [2.24, 2.45) is 0 Å². The summed E-state index contributed by atoms with van der Waals surface area (Å²) in [7, 11) is 0. The molecule has 0 bridgehead atoms. The molecule has 0 aliphatic heterocycles. The van der Waals surface area contributed by atoms with Crippen LogP contribution in [0.2, 0.25) is 0 Å². The van der Waals surface area contributed by atoms with E-state index in [4.69, 9.17) is 4.74 Å². The van der Waals surface area contributed by atoms with Crippen molar-refractivity contribution in [3.05, 3.63) is 27.7 Å². The topological polar surface area (TPSA) is 9.23 Å². The van der Waals surface area contributed by atoms with Crippen LogP contribution < -0.4 is 4.74 Å². The maximum Gasteiger partial charge on any atom is 0.122 e. The van der Waals surface area contributed by atoms with E-state index in [1.807, 2.05) is 13.0 Å². The van der Waals surface area contributed by atoms with Crippen molar-refractivity contribution in [1.29, 1.82) is 0 Å². The zero-order valence-corrected chi connectivity index (χ0v) is 11.6. The first-order valence-corrected chi connectivity index (χ1v) is 6.58. The molecule has 0 aromatic heterocycles. The average molecular weight is 322 g/mol. The van der Waals surface area contributed by atoms with Crippen LogP contribution in [0.3, 0.4) is 0 Å². The summed E-state index contributed by atoms with van der Waals surface area (Å²) in [5, 5.41) is 0.974. The van der Waals surface area contributed by atoms with E-state index in [9.17, 15) is 0 Å². The van der Waals surface area contributed by atoms with Crippen molar-refractivity contribution in [3.8, 4) is 5.75 Å². The lowest BCUT2D eigenvalue weighted by Crippen LogP contribution is -1.99. The van der Waals surface area contributed by atoms with Gasteiger partial charge in [0.25, 0.3) is 0 Å². The highest BCUT2D eigenvalue weighted by Crippen LogP contribution is 2.29. The summed E-state index contributed by atoms with van der Waals surface area (Å²) in [6.07, 6.45) is 1.02. The largest absolute Gasteiger partial charge is 0.494 e. The van der Waals surface area contributed by atoms with Crippen LogP contribution in [0.15, 0.2) is 16.6 Å². The Morgan fingerprint density at radius 3 is 2.64 bits per heavy atom. The quantitative estimate of drug-likeness (QED) is 0.759. The number of hydrogen-bond acceptors (Lipinski definition) is 1. The standard InChI is InChI=1S/C11H14Br2O/c1-3-14-11-5-4-10(13)9(6-7-12)8(11)2/h4-5H,3,6-7H2,1-2H3. The maximum absolute atomic E-state index is 5.54. The molecule has 0 aliphatic carbocycles. The molecule has 1 aromatic carbocycles. The molecule has 0 N–H and O–H groups in total. The fraction of sp³-hybridized carbons (Fsp3) is 0.455. The van der Waals surface area contributed by atoms with Crippen LogP contribution in [0.1, 0.15) is 18.1 Å². The van der Waals surface area contributed by atoms with E-state index in [2.05, 4.69) is 44.8 Å². The van der Waals surface area contributed by atoms with Crippen molar-refractivity contribution in [3.63, 3.8) is 0 Å². The highest BCUT2D eigenvalue weighted by atomic mass is 79.9. The lowest BCUT2D eigenvalue weighted by molar-refractivity contribution is 0.337. The molecule has 78 valence electrons. The van der Waals surface area contributed by atoms with Gasteiger partial charge >= 0.3 is 0 Å². The molecular weight excluding hydrogens is 308 g/mol. The minimum Gasteiger partial charge on any atom is -0.494 e. The molecular formula is C11H14Br2O. The second-order valence-corrected chi connectivity index (χ2v) is 4.67. The minimum absolute atomic E-state index is 0.718. The summed E-state index contributed by atoms with van der Waals surface area (Å²) >= 11 is 7.01. The second-order valence-electron chi connectivity index (χ2n) is 3.02. The van der Waals surface area contributed by atoms with E-state index in [0.29, 0.717) is 0 Å². The van der Waals surface area contributed by atoms with Crippen molar-refractivity contribution >= 4 is 31.9 Å². The fourth-order valence-corrected chi connectivity index (χ4v) is 2.44. The molecule has 1 aromatic rings. The van der Waals surface area contributed by atoms with Crippen molar-refractivity contribution in [2.75, 3.05) is 11.9 Å². The molecule has 0 amide bonds. The van der Waals surface area contributed by atoms with Gasteiger partial charge in [-0.25, -0.2) is 0 Å². The van der Waals surface area contributed by atoms with E-state index in [-0.39, 0.29) is 0 Å². The molecule has 0 spiro atoms. The van der Waals surface area contributed by atoms with Crippen LogP contribution in [0.4, 0.5) is 0 Å². The van der Waals surface area contributed by atoms with Gasteiger partial charge in [0, 0.05) is 9.80 Å². The lowest BCUT2D eigenvalue weighted by Gasteiger charge is -2.12. The SMILES string of the molecule is CCOc1ccc(Br)c(CCBr)c1C. The van der Waals surface area contributed by atoms with Crippen LogP contribution in [-0.2, 0) is 6.42 Å². The predicted molar refractivity (Wildman–Crippen MR) is 67.5 cm³/mol. The minimum atomic E-state index is 0.718. The molecule has 14 heavy (non-hydrogen) atoms. The number of ether oxygens (including phenoxy) is 1. The monoisotopic (exact) mass is 320 g/mol. The van der Waals surface area contributed by atoms with E-state index < -0.39 is 0 Å². The van der Waals surface area contributed by atoms with Gasteiger partial charge in [0.15, 0.2) is 0 Å². The Balaban J connectivity index is 3.05. The van der Waals surface area contributed by atoms with Crippen molar-refractivity contribution in [1.82, 2.24) is 0 Å². The Labute approximate surface area is 102 Å². The molecule has 0 heterocycles. The van der Waals surface area contributed by atoms with Crippen molar-refractivity contribution in [2.45, 2.75) is 20.3 Å². The van der Waals surface area contributed by atoms with Gasteiger partial charge in [-0.3, -0.25) is 0 Å². The fourth-order valence-electron chi connectivity index (χ4n) is 1.42. The van der Waals surface area contributed by atoms with Crippen LogP contribution in [-0.4, -0.2) is 11.9 Å². The number of rotatable bonds is 4. The molecule has 0 fully saturated rings. The first kappa shape index (κ1) is 12.1. The molecule has 1 rings (SSSR count).